The van der Waals surface area contributed by atoms with Crippen molar-refractivity contribution in [2.45, 2.75) is 16.6 Å². The van der Waals surface area contributed by atoms with E-state index in [1.807, 2.05) is 24.3 Å². The van der Waals surface area contributed by atoms with Gasteiger partial charge in [0.2, 0.25) is 0 Å². The number of fused-ring (bicyclic) bond motifs is 2. The van der Waals surface area contributed by atoms with Crippen LogP contribution in [-0.4, -0.2) is 6.50 Å². The molecule has 1 nitrogen and oxygen atoms in total. The lowest BCUT2D eigenvalue weighted by atomic mass is 10.2. The largest absolute Gasteiger partial charge is 0.340 e. The molecule has 0 bridgehead atoms. The molecule has 0 aromatic heterocycles. The number of hydrogen-bond acceptors (Lipinski definition) is 2. The van der Waals surface area contributed by atoms with Crippen molar-refractivity contribution in [1.29, 1.82) is 0 Å². The Morgan fingerprint density at radius 2 is 1.62 bits per heavy atom. The van der Waals surface area contributed by atoms with Crippen molar-refractivity contribution in [3.8, 4) is 0 Å². The van der Waals surface area contributed by atoms with Crippen molar-refractivity contribution in [3.63, 3.8) is 0 Å². The van der Waals surface area contributed by atoms with E-state index in [2.05, 4.69) is 0 Å². The molecule has 0 unspecified atom stereocenters. The first-order valence-corrected chi connectivity index (χ1v) is 5.80. The molecule has 2 aromatic carbocycles. The van der Waals surface area contributed by atoms with E-state index >= 15 is 0 Å². The minimum atomic E-state index is -2.75. The first-order chi connectivity index (χ1) is 9.82. The van der Waals surface area contributed by atoms with Crippen LogP contribution < -0.4 is 4.90 Å². The zero-order valence-corrected chi connectivity index (χ0v) is 9.29. The summed E-state index contributed by atoms with van der Waals surface area (Å²) in [6.07, 6.45) is 0. The summed E-state index contributed by atoms with van der Waals surface area (Å²) in [4.78, 5) is 3.00. The van der Waals surface area contributed by atoms with Crippen LogP contribution in [0, 0.1) is 0 Å². The van der Waals surface area contributed by atoms with E-state index in [1.165, 1.54) is 16.7 Å². The van der Waals surface area contributed by atoms with Crippen molar-refractivity contribution < 1.29 is 6.85 Å². The van der Waals surface area contributed by atoms with Gasteiger partial charge < -0.3 is 4.90 Å². The Morgan fingerprint density at radius 3 is 2.19 bits per heavy atom. The summed E-state index contributed by atoms with van der Waals surface area (Å²) in [5, 5.41) is 0. The van der Waals surface area contributed by atoms with Crippen LogP contribution in [0.25, 0.3) is 0 Å². The van der Waals surface area contributed by atoms with Crippen LogP contribution in [0.5, 0.6) is 0 Å². The second-order valence-electron chi connectivity index (χ2n) is 3.48. The predicted molar refractivity (Wildman–Crippen MR) is 69.7 cm³/mol. The smallest absolute Gasteiger partial charge is 0.0552 e. The molecule has 0 saturated carbocycles. The standard InChI is InChI=1S/C14H13NS/c1-2-15-11-7-3-5-9-13(11)16-14-10-6-4-8-12(14)15/h3-10H,2H2,1H3/i1D3,2D2. The molecule has 0 atom stereocenters. The molecule has 0 aliphatic carbocycles. The molecular weight excluding hydrogens is 214 g/mol. The number of nitrogens with zero attached hydrogens (tertiary/aromatic N) is 1. The van der Waals surface area contributed by atoms with Crippen LogP contribution >= 0.6 is 11.8 Å². The minimum Gasteiger partial charge on any atom is -0.340 e. The fourth-order valence-electron chi connectivity index (χ4n) is 1.83. The topological polar surface area (TPSA) is 3.24 Å². The molecule has 0 fully saturated rings. The monoisotopic (exact) mass is 232 g/mol. The van der Waals surface area contributed by atoms with Gasteiger partial charge in [0.1, 0.15) is 0 Å². The van der Waals surface area contributed by atoms with Crippen LogP contribution in [0.1, 0.15) is 13.7 Å². The molecule has 1 aliphatic rings. The maximum Gasteiger partial charge on any atom is 0.0552 e. The van der Waals surface area contributed by atoms with Gasteiger partial charge in [0.05, 0.1) is 11.4 Å². The van der Waals surface area contributed by atoms with Gasteiger partial charge in [-0.05, 0) is 31.1 Å². The molecule has 80 valence electrons. The quantitative estimate of drug-likeness (QED) is 0.721. The highest BCUT2D eigenvalue weighted by atomic mass is 32.2. The predicted octanol–water partition coefficient (Wildman–Crippen LogP) is 4.31. The Labute approximate surface area is 107 Å². The molecule has 2 heteroatoms. The Kier molecular flexibility index (Phi) is 1.40. The fourth-order valence-corrected chi connectivity index (χ4v) is 2.88. The number of hydrogen-bond donors (Lipinski definition) is 0. The van der Waals surface area contributed by atoms with E-state index in [0.29, 0.717) is 11.4 Å². The van der Waals surface area contributed by atoms with Gasteiger partial charge in [-0.3, -0.25) is 0 Å². The van der Waals surface area contributed by atoms with E-state index < -0.39 is 13.3 Å². The molecule has 0 saturated heterocycles. The SMILES string of the molecule is [2H]C([2H])([2H])C([2H])([2H])N1c2ccccc2Sc2ccccc21. The maximum atomic E-state index is 8.15. The van der Waals surface area contributed by atoms with E-state index in [4.69, 9.17) is 6.85 Å². The molecule has 2 aromatic rings. The van der Waals surface area contributed by atoms with Crippen molar-refractivity contribution in [3.05, 3.63) is 48.5 Å². The first kappa shape index (κ1) is 5.78. The zero-order chi connectivity index (χ0) is 15.3. The van der Waals surface area contributed by atoms with Gasteiger partial charge in [-0.2, -0.15) is 0 Å². The summed E-state index contributed by atoms with van der Waals surface area (Å²) in [5.41, 5.74) is 1.17. The zero-order valence-electron chi connectivity index (χ0n) is 13.5. The van der Waals surface area contributed by atoms with Crippen LogP contribution in [0.4, 0.5) is 11.4 Å². The van der Waals surface area contributed by atoms with Crippen LogP contribution in [-0.2, 0) is 0 Å². The summed E-state index contributed by atoms with van der Waals surface area (Å²) >= 11 is 1.52. The fraction of sp³-hybridized carbons (Fsp3) is 0.143. The van der Waals surface area contributed by atoms with E-state index in [0.717, 1.165) is 9.79 Å². The highest BCUT2D eigenvalue weighted by Gasteiger charge is 2.20. The van der Waals surface area contributed by atoms with Crippen molar-refractivity contribution >= 4 is 23.1 Å². The number of rotatable bonds is 1. The highest BCUT2D eigenvalue weighted by molar-refractivity contribution is 7.99. The molecule has 1 heterocycles. The number of para-hydroxylation sites is 2. The maximum absolute atomic E-state index is 8.15. The van der Waals surface area contributed by atoms with Crippen LogP contribution in [0.2, 0.25) is 0 Å². The molecule has 0 spiro atoms. The van der Waals surface area contributed by atoms with Gasteiger partial charge in [-0.15, -0.1) is 0 Å². The number of anilines is 2. The van der Waals surface area contributed by atoms with Gasteiger partial charge in [0.25, 0.3) is 0 Å². The van der Waals surface area contributed by atoms with Crippen molar-refractivity contribution in [2.24, 2.45) is 0 Å². The summed E-state index contributed by atoms with van der Waals surface area (Å²) in [7, 11) is 0. The van der Waals surface area contributed by atoms with Crippen LogP contribution in [0.3, 0.4) is 0 Å². The summed E-state index contributed by atoms with van der Waals surface area (Å²) in [6, 6.07) is 14.6. The minimum absolute atomic E-state index is 0.585. The molecular formula is C14H13NS. The van der Waals surface area contributed by atoms with Gasteiger partial charge in [-0.1, -0.05) is 36.0 Å². The third kappa shape index (κ3) is 1.41. The second kappa shape index (κ2) is 3.87. The first-order valence-electron chi connectivity index (χ1n) is 7.48. The van der Waals surface area contributed by atoms with Gasteiger partial charge in [0, 0.05) is 23.1 Å². The van der Waals surface area contributed by atoms with Gasteiger partial charge in [-0.25, -0.2) is 0 Å². The van der Waals surface area contributed by atoms with E-state index in [9.17, 15) is 0 Å². The lowest BCUT2D eigenvalue weighted by molar-refractivity contribution is 0.979. The normalized spacial score (nSPS) is 19.5. The molecule has 0 N–H and O–H groups in total. The molecule has 0 amide bonds. The van der Waals surface area contributed by atoms with Crippen molar-refractivity contribution in [2.75, 3.05) is 11.4 Å². The second-order valence-corrected chi connectivity index (χ2v) is 4.57. The molecule has 3 rings (SSSR count). The molecule has 0 radical (unpaired) electrons. The lowest BCUT2D eigenvalue weighted by Gasteiger charge is -2.31. The average molecular weight is 232 g/mol. The average Bonchev–Trinajstić information content (AvgIpc) is 2.43. The van der Waals surface area contributed by atoms with E-state index in [-0.39, 0.29) is 0 Å². The molecule has 16 heavy (non-hydrogen) atoms. The van der Waals surface area contributed by atoms with Crippen molar-refractivity contribution in [1.82, 2.24) is 0 Å². The van der Waals surface area contributed by atoms with Gasteiger partial charge in [0.15, 0.2) is 0 Å². The van der Waals surface area contributed by atoms with Crippen LogP contribution in [0.15, 0.2) is 58.3 Å². The Balaban J connectivity index is 2.25. The Hall–Kier alpha value is -1.41. The molecule has 1 aliphatic heterocycles. The van der Waals surface area contributed by atoms with Gasteiger partial charge >= 0.3 is 0 Å². The summed E-state index contributed by atoms with van der Waals surface area (Å²) in [5.74, 6) is 0. The summed E-state index contributed by atoms with van der Waals surface area (Å²) < 4.78 is 39.0. The Morgan fingerprint density at radius 1 is 1.06 bits per heavy atom. The van der Waals surface area contributed by atoms with E-state index in [1.54, 1.807) is 24.3 Å². The lowest BCUT2D eigenvalue weighted by Crippen LogP contribution is -2.19. The third-order valence-corrected chi connectivity index (χ3v) is 3.67. The Bertz CT molecular complexity index is 638. The summed E-state index contributed by atoms with van der Waals surface area (Å²) in [6.45, 7) is -5.24. The highest BCUT2D eigenvalue weighted by Crippen LogP contribution is 2.47. The number of benzene rings is 2. The third-order valence-electron chi connectivity index (χ3n) is 2.54.